The Morgan fingerprint density at radius 1 is 1.09 bits per heavy atom. The molecule has 2 unspecified atom stereocenters. The van der Waals surface area contributed by atoms with Crippen molar-refractivity contribution in [1.29, 1.82) is 0 Å². The number of hydrogen-bond acceptors (Lipinski definition) is 7. The molecule has 1 saturated carbocycles. The monoisotopic (exact) mass is 470 g/mol. The molecule has 8 heteroatoms. The Balaban J connectivity index is 1.30. The van der Waals surface area contributed by atoms with Gasteiger partial charge in [0.25, 0.3) is 5.91 Å². The van der Waals surface area contributed by atoms with Crippen molar-refractivity contribution >= 4 is 40.4 Å². The van der Waals surface area contributed by atoms with Crippen LogP contribution in [0, 0.1) is 5.92 Å². The lowest BCUT2D eigenvalue weighted by molar-refractivity contribution is -0.131. The number of amides is 1. The molecule has 3 aromatic heterocycles. The fourth-order valence-electron chi connectivity index (χ4n) is 4.78. The first-order valence-corrected chi connectivity index (χ1v) is 12.3. The van der Waals surface area contributed by atoms with E-state index in [4.69, 9.17) is 13.9 Å². The van der Waals surface area contributed by atoms with Crippen molar-refractivity contribution in [3.8, 4) is 0 Å². The average molecular weight is 471 g/mol. The normalized spacial score (nSPS) is 21.1. The van der Waals surface area contributed by atoms with Crippen molar-refractivity contribution in [3.63, 3.8) is 0 Å². The number of benzene rings is 1. The summed E-state index contributed by atoms with van der Waals surface area (Å²) in [6, 6.07) is 15.2. The molecule has 1 aliphatic carbocycles. The van der Waals surface area contributed by atoms with Crippen LogP contribution in [0.25, 0.3) is 17.0 Å². The van der Waals surface area contributed by atoms with Gasteiger partial charge in [0.1, 0.15) is 28.9 Å². The molecule has 1 aliphatic heterocycles. The SMILES string of the molecule is O=C(CSc1ncnc2ccccc12)N1N=C2/C(=C/c3ccco3)CCCC2C1c1ccco1. The van der Waals surface area contributed by atoms with E-state index < -0.39 is 0 Å². The summed E-state index contributed by atoms with van der Waals surface area (Å²) in [5.74, 6) is 1.79. The van der Waals surface area contributed by atoms with Gasteiger partial charge in [0.05, 0.1) is 29.5 Å². The fourth-order valence-corrected chi connectivity index (χ4v) is 5.62. The number of hydrazone groups is 1. The van der Waals surface area contributed by atoms with Gasteiger partial charge in [0.15, 0.2) is 0 Å². The predicted molar refractivity (Wildman–Crippen MR) is 130 cm³/mol. The number of furan rings is 2. The number of nitrogens with zero attached hydrogens (tertiary/aromatic N) is 4. The Labute approximate surface area is 200 Å². The first-order valence-electron chi connectivity index (χ1n) is 11.3. The second kappa shape index (κ2) is 8.95. The summed E-state index contributed by atoms with van der Waals surface area (Å²) in [6.45, 7) is 0. The molecule has 0 spiro atoms. The predicted octanol–water partition coefficient (Wildman–Crippen LogP) is 5.73. The molecule has 2 atom stereocenters. The van der Waals surface area contributed by atoms with Crippen LogP contribution in [0.15, 0.2) is 91.9 Å². The lowest BCUT2D eigenvalue weighted by atomic mass is 9.79. The van der Waals surface area contributed by atoms with Gasteiger partial charge in [-0.25, -0.2) is 15.0 Å². The fraction of sp³-hybridized carbons (Fsp3) is 0.231. The first-order chi connectivity index (χ1) is 16.8. The van der Waals surface area contributed by atoms with Crippen molar-refractivity contribution in [2.24, 2.45) is 11.0 Å². The van der Waals surface area contributed by atoms with E-state index in [0.29, 0.717) is 0 Å². The molecule has 4 heterocycles. The highest BCUT2D eigenvalue weighted by Crippen LogP contribution is 2.44. The van der Waals surface area contributed by atoms with Crippen LogP contribution in [0.2, 0.25) is 0 Å². The van der Waals surface area contributed by atoms with E-state index in [1.807, 2.05) is 54.6 Å². The number of fused-ring (bicyclic) bond motifs is 2. The molecule has 0 bridgehead atoms. The zero-order valence-electron chi connectivity index (χ0n) is 18.3. The summed E-state index contributed by atoms with van der Waals surface area (Å²) in [7, 11) is 0. The third-order valence-corrected chi connectivity index (χ3v) is 7.28. The van der Waals surface area contributed by atoms with Crippen LogP contribution in [-0.2, 0) is 4.79 Å². The molecule has 0 N–H and O–H groups in total. The molecule has 6 rings (SSSR count). The van der Waals surface area contributed by atoms with Crippen LogP contribution in [0.1, 0.15) is 36.8 Å². The molecular weight excluding hydrogens is 448 g/mol. The highest BCUT2D eigenvalue weighted by molar-refractivity contribution is 8.00. The summed E-state index contributed by atoms with van der Waals surface area (Å²) < 4.78 is 11.3. The van der Waals surface area contributed by atoms with Crippen molar-refractivity contribution in [2.45, 2.75) is 30.3 Å². The summed E-state index contributed by atoms with van der Waals surface area (Å²) >= 11 is 1.41. The molecule has 4 aromatic rings. The second-order valence-corrected chi connectivity index (χ2v) is 9.32. The van der Waals surface area contributed by atoms with Gasteiger partial charge in [-0.3, -0.25) is 4.79 Å². The van der Waals surface area contributed by atoms with Crippen LogP contribution < -0.4 is 0 Å². The Kier molecular flexibility index (Phi) is 5.50. The van der Waals surface area contributed by atoms with Crippen molar-refractivity contribution in [2.75, 3.05) is 5.75 Å². The van der Waals surface area contributed by atoms with Gasteiger partial charge in [-0.15, -0.1) is 0 Å². The molecule has 34 heavy (non-hydrogen) atoms. The molecule has 0 saturated heterocycles. The first kappa shape index (κ1) is 20.9. The van der Waals surface area contributed by atoms with Crippen LogP contribution in [0.4, 0.5) is 0 Å². The number of aromatic nitrogens is 2. The van der Waals surface area contributed by atoms with Crippen molar-refractivity contribution in [3.05, 3.63) is 84.5 Å². The van der Waals surface area contributed by atoms with Gasteiger partial charge >= 0.3 is 0 Å². The number of thioether (sulfide) groups is 1. The maximum atomic E-state index is 13.5. The quantitative estimate of drug-likeness (QED) is 0.273. The molecule has 2 aliphatic rings. The Bertz CT molecular complexity index is 1370. The van der Waals surface area contributed by atoms with E-state index in [2.05, 4.69) is 9.97 Å². The van der Waals surface area contributed by atoms with Gasteiger partial charge < -0.3 is 8.83 Å². The van der Waals surface area contributed by atoms with E-state index in [1.54, 1.807) is 17.5 Å². The molecular formula is C26H22N4O3S. The number of para-hydroxylation sites is 1. The third kappa shape index (κ3) is 3.84. The van der Waals surface area contributed by atoms with Crippen LogP contribution >= 0.6 is 11.8 Å². The summed E-state index contributed by atoms with van der Waals surface area (Å²) in [5.41, 5.74) is 2.93. The van der Waals surface area contributed by atoms with Crippen LogP contribution in [-0.4, -0.2) is 32.3 Å². The topological polar surface area (TPSA) is 84.7 Å². The smallest absolute Gasteiger partial charge is 0.253 e. The van der Waals surface area contributed by atoms with Gasteiger partial charge in [0, 0.05) is 11.3 Å². The zero-order chi connectivity index (χ0) is 22.9. The van der Waals surface area contributed by atoms with E-state index in [-0.39, 0.29) is 23.6 Å². The summed E-state index contributed by atoms with van der Waals surface area (Å²) in [4.78, 5) is 22.2. The lowest BCUT2D eigenvalue weighted by Crippen LogP contribution is -2.32. The second-order valence-electron chi connectivity index (χ2n) is 8.35. The van der Waals surface area contributed by atoms with Crippen molar-refractivity contribution < 1.29 is 13.6 Å². The molecule has 1 fully saturated rings. The van der Waals surface area contributed by atoms with Gasteiger partial charge in [-0.2, -0.15) is 5.10 Å². The maximum Gasteiger partial charge on any atom is 0.253 e. The van der Waals surface area contributed by atoms with E-state index >= 15 is 0 Å². The van der Waals surface area contributed by atoms with Crippen LogP contribution in [0.3, 0.4) is 0 Å². The van der Waals surface area contributed by atoms with Crippen LogP contribution in [0.5, 0.6) is 0 Å². The number of carbonyl (C=O) groups is 1. The molecule has 7 nitrogen and oxygen atoms in total. The summed E-state index contributed by atoms with van der Waals surface area (Å²) in [5, 5.41) is 8.22. The van der Waals surface area contributed by atoms with E-state index in [9.17, 15) is 4.79 Å². The molecule has 1 amide bonds. The molecule has 0 radical (unpaired) electrons. The standard InChI is InChI=1S/C26H22N4O3S/c31-23(15-34-26-19-8-1-2-10-21(19)27-16-28-26)30-25(22-11-5-13-33-22)20-9-3-6-17(24(20)29-30)14-18-7-4-12-32-18/h1-2,4-5,7-8,10-14,16,20,25H,3,6,9,15H2/b17-14+. The lowest BCUT2D eigenvalue weighted by Gasteiger charge is -2.27. The average Bonchev–Trinajstić information content (AvgIpc) is 3.63. The third-order valence-electron chi connectivity index (χ3n) is 6.29. The number of hydrogen-bond donors (Lipinski definition) is 0. The summed E-state index contributed by atoms with van der Waals surface area (Å²) in [6.07, 6.45) is 9.78. The Hall–Kier alpha value is -3.65. The zero-order valence-corrected chi connectivity index (χ0v) is 19.1. The van der Waals surface area contributed by atoms with Crippen molar-refractivity contribution in [1.82, 2.24) is 15.0 Å². The minimum Gasteiger partial charge on any atom is -0.467 e. The Morgan fingerprint density at radius 3 is 2.82 bits per heavy atom. The van der Waals surface area contributed by atoms with Gasteiger partial charge in [0.2, 0.25) is 0 Å². The molecule has 170 valence electrons. The maximum absolute atomic E-state index is 13.5. The highest BCUT2D eigenvalue weighted by Gasteiger charge is 2.45. The molecule has 1 aromatic carbocycles. The Morgan fingerprint density at radius 2 is 1.97 bits per heavy atom. The van der Waals surface area contributed by atoms with E-state index in [0.717, 1.165) is 58.0 Å². The van der Waals surface area contributed by atoms with E-state index in [1.165, 1.54) is 18.1 Å². The number of rotatable bonds is 5. The van der Waals surface area contributed by atoms with Gasteiger partial charge in [-0.1, -0.05) is 30.0 Å². The number of allylic oxidation sites excluding steroid dienone is 1. The van der Waals surface area contributed by atoms with Gasteiger partial charge in [-0.05, 0) is 61.2 Å². The largest absolute Gasteiger partial charge is 0.467 e. The minimum absolute atomic E-state index is 0.0756. The highest BCUT2D eigenvalue weighted by atomic mass is 32.2. The minimum atomic E-state index is -0.249. The number of carbonyl (C=O) groups excluding carboxylic acids is 1.